The van der Waals surface area contributed by atoms with E-state index in [0.717, 1.165) is 29.5 Å². The molecular formula is C27H31F3N6O3S. The van der Waals surface area contributed by atoms with Gasteiger partial charge in [-0.3, -0.25) is 9.25 Å². The highest BCUT2D eigenvalue weighted by Crippen LogP contribution is 2.36. The van der Waals surface area contributed by atoms with Gasteiger partial charge in [-0.25, -0.2) is 9.71 Å². The Bertz CT molecular complexity index is 1630. The number of pyridine rings is 1. The van der Waals surface area contributed by atoms with Crippen molar-refractivity contribution in [2.75, 3.05) is 20.1 Å². The molecule has 1 saturated heterocycles. The molecule has 1 unspecified atom stereocenters. The van der Waals surface area contributed by atoms with E-state index in [-0.39, 0.29) is 17.1 Å². The van der Waals surface area contributed by atoms with E-state index in [2.05, 4.69) is 28.4 Å². The summed E-state index contributed by atoms with van der Waals surface area (Å²) < 4.78 is 73.5. The van der Waals surface area contributed by atoms with Crippen LogP contribution < -0.4 is 9.46 Å². The summed E-state index contributed by atoms with van der Waals surface area (Å²) in [4.78, 5) is 4.90. The number of hydrogen-bond donors (Lipinski definition) is 1. The highest BCUT2D eigenvalue weighted by Gasteiger charge is 2.37. The first-order valence-corrected chi connectivity index (χ1v) is 14.2. The van der Waals surface area contributed by atoms with Gasteiger partial charge in [0.2, 0.25) is 0 Å². The maximum Gasteiger partial charge on any atom is 0.573 e. The van der Waals surface area contributed by atoms with E-state index < -0.39 is 16.6 Å². The molecule has 40 heavy (non-hydrogen) atoms. The van der Waals surface area contributed by atoms with Gasteiger partial charge >= 0.3 is 6.36 Å². The van der Waals surface area contributed by atoms with E-state index in [1.54, 1.807) is 30.1 Å². The van der Waals surface area contributed by atoms with E-state index in [4.69, 9.17) is 4.98 Å². The number of hydrogen-bond acceptors (Lipinski definition) is 5. The minimum atomic E-state index is -4.75. The van der Waals surface area contributed by atoms with E-state index in [1.165, 1.54) is 16.4 Å². The predicted molar refractivity (Wildman–Crippen MR) is 145 cm³/mol. The molecule has 1 fully saturated rings. The van der Waals surface area contributed by atoms with Crippen LogP contribution in [0.25, 0.3) is 28.0 Å². The average Bonchev–Trinajstić information content (AvgIpc) is 3.46. The minimum Gasteiger partial charge on any atom is -0.406 e. The zero-order chi connectivity index (χ0) is 28.9. The van der Waals surface area contributed by atoms with Gasteiger partial charge in [0.1, 0.15) is 11.4 Å². The summed E-state index contributed by atoms with van der Waals surface area (Å²) in [5, 5.41) is 5.26. The van der Waals surface area contributed by atoms with Crippen molar-refractivity contribution in [1.29, 1.82) is 0 Å². The molecule has 214 valence electrons. The molecule has 4 heterocycles. The summed E-state index contributed by atoms with van der Waals surface area (Å²) in [5.41, 5.74) is 3.75. The van der Waals surface area contributed by atoms with Crippen molar-refractivity contribution >= 4 is 21.2 Å². The summed E-state index contributed by atoms with van der Waals surface area (Å²) in [6.45, 7) is 5.17. The van der Waals surface area contributed by atoms with Gasteiger partial charge in [0.15, 0.2) is 0 Å². The quantitative estimate of drug-likeness (QED) is 0.345. The molecule has 1 atom stereocenters. The Morgan fingerprint density at radius 3 is 2.42 bits per heavy atom. The molecule has 0 spiro atoms. The van der Waals surface area contributed by atoms with Gasteiger partial charge in [-0.05, 0) is 66.1 Å². The van der Waals surface area contributed by atoms with Crippen LogP contribution in [0.3, 0.4) is 0 Å². The molecule has 0 radical (unpaired) electrons. The lowest BCUT2D eigenvalue weighted by Crippen LogP contribution is -2.53. The van der Waals surface area contributed by atoms with Gasteiger partial charge in [-0.2, -0.15) is 17.8 Å². The smallest absolute Gasteiger partial charge is 0.406 e. The molecule has 1 N–H and O–H groups in total. The van der Waals surface area contributed by atoms with Crippen LogP contribution in [0.4, 0.5) is 13.2 Å². The van der Waals surface area contributed by atoms with E-state index >= 15 is 0 Å². The van der Waals surface area contributed by atoms with Crippen molar-refractivity contribution in [2.45, 2.75) is 33.1 Å². The summed E-state index contributed by atoms with van der Waals surface area (Å²) in [7, 11) is 0.0137. The van der Waals surface area contributed by atoms with Gasteiger partial charge < -0.3 is 4.74 Å². The monoisotopic (exact) mass is 576 g/mol. The van der Waals surface area contributed by atoms with Gasteiger partial charge in [0.25, 0.3) is 10.2 Å². The fraction of sp³-hybridized carbons (Fsp3) is 0.407. The second kappa shape index (κ2) is 10.2. The molecule has 13 heteroatoms. The van der Waals surface area contributed by atoms with Crippen LogP contribution in [-0.2, 0) is 23.7 Å². The Kier molecular flexibility index (Phi) is 7.17. The van der Waals surface area contributed by atoms with E-state index in [0.29, 0.717) is 30.0 Å². The number of nitrogens with zero attached hydrogens (tertiary/aromatic N) is 5. The first kappa shape index (κ1) is 28.1. The van der Waals surface area contributed by atoms with Gasteiger partial charge in [0.05, 0.1) is 17.6 Å². The lowest BCUT2D eigenvalue weighted by atomic mass is 9.74. The maximum absolute atomic E-state index is 12.6. The molecule has 0 amide bonds. The number of benzene rings is 1. The number of nitrogens with one attached hydrogen (secondary N) is 1. The Labute approximate surface area is 230 Å². The number of alkyl halides is 3. The van der Waals surface area contributed by atoms with Gasteiger partial charge in [-0.15, -0.1) is 13.2 Å². The number of halogens is 3. The van der Waals surface area contributed by atoms with Crippen LogP contribution in [0.1, 0.15) is 25.8 Å². The Morgan fingerprint density at radius 2 is 1.80 bits per heavy atom. The maximum atomic E-state index is 12.6. The second-order valence-electron chi connectivity index (χ2n) is 10.9. The van der Waals surface area contributed by atoms with Gasteiger partial charge in [-0.1, -0.05) is 13.8 Å². The first-order chi connectivity index (χ1) is 18.7. The summed E-state index contributed by atoms with van der Waals surface area (Å²) in [6.07, 6.45) is 2.49. The first-order valence-electron chi connectivity index (χ1n) is 12.8. The molecule has 1 aliphatic heterocycles. The molecule has 5 rings (SSSR count). The fourth-order valence-electron chi connectivity index (χ4n) is 5.06. The normalized spacial score (nSPS) is 18.3. The summed E-state index contributed by atoms with van der Waals surface area (Å²) >= 11 is 0. The standard InChI is InChI=1S/C27H31F3N6O3S/c1-26(2,20-13-32-40(37,38)35(4)16-20)12-11-19-15-36(21-14-31-34(3)17-21)25-23(19)9-10-24(33-25)18-5-7-22(8-6-18)39-27(28,29)30/h5-10,14-15,17,20,32H,11-13,16H2,1-4H3. The zero-order valence-electron chi connectivity index (χ0n) is 22.6. The van der Waals surface area contributed by atoms with Crippen LogP contribution >= 0.6 is 0 Å². The zero-order valence-corrected chi connectivity index (χ0v) is 23.4. The summed E-state index contributed by atoms with van der Waals surface area (Å²) in [6, 6.07) is 9.47. The molecule has 0 bridgehead atoms. The molecule has 9 nitrogen and oxygen atoms in total. The van der Waals surface area contributed by atoms with Crippen molar-refractivity contribution in [3.05, 3.63) is 60.6 Å². The van der Waals surface area contributed by atoms with Crippen LogP contribution in [-0.4, -0.2) is 58.6 Å². The highest BCUT2D eigenvalue weighted by atomic mass is 32.2. The Morgan fingerprint density at radius 1 is 1.07 bits per heavy atom. The van der Waals surface area contributed by atoms with Crippen molar-refractivity contribution in [1.82, 2.24) is 28.4 Å². The lowest BCUT2D eigenvalue weighted by molar-refractivity contribution is -0.274. The molecule has 4 aromatic rings. The van der Waals surface area contributed by atoms with E-state index in [1.807, 2.05) is 36.1 Å². The topological polar surface area (TPSA) is 94.3 Å². The average molecular weight is 577 g/mol. The van der Waals surface area contributed by atoms with Crippen molar-refractivity contribution in [2.24, 2.45) is 18.4 Å². The molecule has 0 saturated carbocycles. The third-order valence-corrected chi connectivity index (χ3v) is 9.13. The number of aryl methyl sites for hydroxylation is 2. The second-order valence-corrected chi connectivity index (χ2v) is 12.7. The highest BCUT2D eigenvalue weighted by molar-refractivity contribution is 7.87. The molecule has 1 aromatic carbocycles. The number of fused-ring (bicyclic) bond motifs is 1. The largest absolute Gasteiger partial charge is 0.573 e. The molecule has 0 aliphatic carbocycles. The SMILES string of the molecule is CN1CC(C(C)(C)CCc2cn(-c3cnn(C)c3)c3nc(-c4ccc(OC(F)(F)F)cc4)ccc23)CNS1(=O)=O. The lowest BCUT2D eigenvalue weighted by Gasteiger charge is -2.40. The van der Waals surface area contributed by atoms with Crippen molar-refractivity contribution in [3.63, 3.8) is 0 Å². The van der Waals surface area contributed by atoms with Crippen LogP contribution in [0.15, 0.2) is 55.0 Å². The number of ether oxygens (including phenoxy) is 1. The van der Waals surface area contributed by atoms with Crippen LogP contribution in [0.5, 0.6) is 5.75 Å². The van der Waals surface area contributed by atoms with Gasteiger partial charge in [0, 0.05) is 50.5 Å². The summed E-state index contributed by atoms with van der Waals surface area (Å²) in [5.74, 6) is -0.153. The van der Waals surface area contributed by atoms with Crippen LogP contribution in [0.2, 0.25) is 0 Å². The molecular weight excluding hydrogens is 545 g/mol. The number of rotatable bonds is 7. The van der Waals surface area contributed by atoms with Crippen molar-refractivity contribution in [3.8, 4) is 22.7 Å². The molecule has 3 aromatic heterocycles. The fourth-order valence-corrected chi connectivity index (χ4v) is 6.07. The Balaban J connectivity index is 1.45. The predicted octanol–water partition coefficient (Wildman–Crippen LogP) is 4.68. The third kappa shape index (κ3) is 5.86. The van der Waals surface area contributed by atoms with E-state index in [9.17, 15) is 21.6 Å². The molecule has 1 aliphatic rings. The third-order valence-electron chi connectivity index (χ3n) is 7.63. The minimum absolute atomic E-state index is 0.140. The van der Waals surface area contributed by atoms with Crippen molar-refractivity contribution < 1.29 is 26.3 Å². The van der Waals surface area contributed by atoms with Crippen LogP contribution in [0, 0.1) is 11.3 Å². The Hall–Kier alpha value is -3.42. The number of aromatic nitrogens is 4.